The number of sulfone groups is 1. The Morgan fingerprint density at radius 1 is 1.27 bits per heavy atom. The quantitative estimate of drug-likeness (QED) is 0.787. The lowest BCUT2D eigenvalue weighted by Gasteiger charge is -2.12. The Kier molecular flexibility index (Phi) is 3.63. The van der Waals surface area contributed by atoms with Gasteiger partial charge >= 0.3 is 0 Å². The molecule has 1 aromatic carbocycles. The minimum absolute atomic E-state index is 0.215. The molecule has 0 radical (unpaired) electrons. The molecule has 1 unspecified atom stereocenters. The van der Waals surface area contributed by atoms with Crippen LogP contribution in [0.25, 0.3) is 0 Å². The number of carbonyl (C=O) groups excluding carboxylic acids is 1. The van der Waals surface area contributed by atoms with Gasteiger partial charge in [-0.15, -0.1) is 0 Å². The van der Waals surface area contributed by atoms with Crippen LogP contribution in [0.15, 0.2) is 35.2 Å². The average Bonchev–Trinajstić information content (AvgIpc) is 2.19. The number of Topliss-reactive ketones (excluding diaryl/α,β-unsaturated/α-hetero) is 1. The molecule has 0 aromatic heterocycles. The molecule has 0 saturated carbocycles. The van der Waals surface area contributed by atoms with Crippen molar-refractivity contribution in [1.82, 2.24) is 0 Å². The van der Waals surface area contributed by atoms with E-state index in [1.54, 1.807) is 25.1 Å². The summed E-state index contributed by atoms with van der Waals surface area (Å²) in [5, 5.41) is -0.917. The lowest BCUT2D eigenvalue weighted by Crippen LogP contribution is -2.27. The average molecular weight is 226 g/mol. The van der Waals surface area contributed by atoms with Gasteiger partial charge in [-0.2, -0.15) is 0 Å². The van der Waals surface area contributed by atoms with Gasteiger partial charge in [-0.25, -0.2) is 8.42 Å². The summed E-state index contributed by atoms with van der Waals surface area (Å²) < 4.78 is 24.0. The molecular weight excluding hydrogens is 212 g/mol. The summed E-state index contributed by atoms with van der Waals surface area (Å²) in [7, 11) is -3.50. The van der Waals surface area contributed by atoms with Crippen LogP contribution in [0.4, 0.5) is 0 Å². The largest absolute Gasteiger partial charge is 0.299 e. The Balaban J connectivity index is 3.19. The van der Waals surface area contributed by atoms with Crippen LogP contribution in [0.5, 0.6) is 0 Å². The van der Waals surface area contributed by atoms with E-state index in [9.17, 15) is 13.2 Å². The first-order valence-corrected chi connectivity index (χ1v) is 6.34. The molecular formula is C11H14O3S. The first kappa shape index (κ1) is 11.9. The van der Waals surface area contributed by atoms with Crippen LogP contribution < -0.4 is 0 Å². The second kappa shape index (κ2) is 4.57. The van der Waals surface area contributed by atoms with Gasteiger partial charge in [0, 0.05) is 0 Å². The van der Waals surface area contributed by atoms with Crippen LogP contribution in [-0.4, -0.2) is 19.5 Å². The molecule has 0 aliphatic carbocycles. The molecule has 0 aliphatic heterocycles. The molecule has 0 amide bonds. The summed E-state index contributed by atoms with van der Waals surface area (Å²) in [4.78, 5) is 11.4. The van der Waals surface area contributed by atoms with Crippen LogP contribution in [0.1, 0.15) is 20.3 Å². The Bertz CT molecular complexity index is 434. The fourth-order valence-electron chi connectivity index (χ4n) is 1.50. The molecule has 0 fully saturated rings. The number of hydrogen-bond acceptors (Lipinski definition) is 3. The van der Waals surface area contributed by atoms with Crippen molar-refractivity contribution in [1.29, 1.82) is 0 Å². The molecule has 0 N–H and O–H groups in total. The Labute approximate surface area is 90.0 Å². The smallest absolute Gasteiger partial charge is 0.188 e. The third-order valence-corrected chi connectivity index (χ3v) is 4.61. The standard InChI is InChI=1S/C11H14O3S/c1-3-11(9(2)12)15(13,14)10-7-5-4-6-8-10/h4-8,11H,3H2,1-2H3. The molecule has 0 aliphatic rings. The molecule has 4 heteroatoms. The second-order valence-electron chi connectivity index (χ2n) is 3.37. The van der Waals surface area contributed by atoms with Crippen molar-refractivity contribution in [2.24, 2.45) is 0 Å². The van der Waals surface area contributed by atoms with Gasteiger partial charge in [0.1, 0.15) is 11.0 Å². The predicted octanol–water partition coefficient (Wildman–Crippen LogP) is 1.83. The lowest BCUT2D eigenvalue weighted by atomic mass is 10.2. The third kappa shape index (κ3) is 2.45. The molecule has 0 bridgehead atoms. The van der Waals surface area contributed by atoms with Crippen molar-refractivity contribution in [3.8, 4) is 0 Å². The zero-order valence-electron chi connectivity index (χ0n) is 8.80. The van der Waals surface area contributed by atoms with Gasteiger partial charge in [-0.1, -0.05) is 25.1 Å². The van der Waals surface area contributed by atoms with E-state index in [1.807, 2.05) is 0 Å². The molecule has 1 aromatic rings. The highest BCUT2D eigenvalue weighted by Crippen LogP contribution is 2.18. The van der Waals surface area contributed by atoms with Crippen molar-refractivity contribution in [3.05, 3.63) is 30.3 Å². The van der Waals surface area contributed by atoms with E-state index in [1.165, 1.54) is 19.1 Å². The molecule has 3 nitrogen and oxygen atoms in total. The van der Waals surface area contributed by atoms with E-state index < -0.39 is 15.1 Å². The summed E-state index contributed by atoms with van der Waals surface area (Å²) in [5.41, 5.74) is 0. The number of benzene rings is 1. The topological polar surface area (TPSA) is 51.2 Å². The van der Waals surface area contributed by atoms with Crippen LogP contribution in [0.3, 0.4) is 0 Å². The van der Waals surface area contributed by atoms with E-state index in [2.05, 4.69) is 0 Å². The summed E-state index contributed by atoms with van der Waals surface area (Å²) in [6, 6.07) is 8.08. The Hall–Kier alpha value is -1.16. The fourth-order valence-corrected chi connectivity index (χ4v) is 3.24. The Morgan fingerprint density at radius 2 is 1.80 bits per heavy atom. The SMILES string of the molecule is CCC(C(C)=O)S(=O)(=O)c1ccccc1. The monoisotopic (exact) mass is 226 g/mol. The summed E-state index contributed by atoms with van der Waals surface area (Å²) >= 11 is 0. The molecule has 1 atom stereocenters. The first-order chi connectivity index (χ1) is 7.00. The van der Waals surface area contributed by atoms with E-state index in [4.69, 9.17) is 0 Å². The fraction of sp³-hybridized carbons (Fsp3) is 0.364. The molecule has 0 spiro atoms. The summed E-state index contributed by atoms with van der Waals surface area (Å²) in [6.45, 7) is 3.02. The van der Waals surface area contributed by atoms with Gasteiger partial charge in [0.15, 0.2) is 9.84 Å². The maximum atomic E-state index is 12.0. The van der Waals surface area contributed by atoms with Crippen molar-refractivity contribution < 1.29 is 13.2 Å². The predicted molar refractivity (Wildman–Crippen MR) is 58.4 cm³/mol. The number of ketones is 1. The summed E-state index contributed by atoms with van der Waals surface area (Å²) in [5.74, 6) is -0.304. The van der Waals surface area contributed by atoms with E-state index in [0.29, 0.717) is 6.42 Å². The molecule has 0 heterocycles. The zero-order chi connectivity index (χ0) is 11.5. The third-order valence-electron chi connectivity index (χ3n) is 2.27. The van der Waals surface area contributed by atoms with Crippen LogP contribution in [-0.2, 0) is 14.6 Å². The maximum Gasteiger partial charge on any atom is 0.188 e. The molecule has 82 valence electrons. The highest BCUT2D eigenvalue weighted by molar-refractivity contribution is 7.92. The van der Waals surface area contributed by atoms with E-state index >= 15 is 0 Å². The summed E-state index contributed by atoms with van der Waals surface area (Å²) in [6.07, 6.45) is 0.312. The molecule has 1 rings (SSSR count). The number of rotatable bonds is 4. The van der Waals surface area contributed by atoms with E-state index in [0.717, 1.165) is 0 Å². The molecule has 15 heavy (non-hydrogen) atoms. The van der Waals surface area contributed by atoms with Crippen molar-refractivity contribution in [2.45, 2.75) is 30.4 Å². The van der Waals surface area contributed by atoms with Crippen LogP contribution >= 0.6 is 0 Å². The zero-order valence-corrected chi connectivity index (χ0v) is 9.62. The van der Waals surface area contributed by atoms with Crippen LogP contribution in [0.2, 0.25) is 0 Å². The van der Waals surface area contributed by atoms with Crippen molar-refractivity contribution >= 4 is 15.6 Å². The Morgan fingerprint density at radius 3 is 2.20 bits per heavy atom. The van der Waals surface area contributed by atoms with Gasteiger partial charge < -0.3 is 0 Å². The minimum Gasteiger partial charge on any atom is -0.299 e. The van der Waals surface area contributed by atoms with Gasteiger partial charge in [-0.3, -0.25) is 4.79 Å². The highest BCUT2D eigenvalue weighted by Gasteiger charge is 2.29. The highest BCUT2D eigenvalue weighted by atomic mass is 32.2. The lowest BCUT2D eigenvalue weighted by molar-refractivity contribution is -0.116. The van der Waals surface area contributed by atoms with Crippen LogP contribution in [0, 0.1) is 0 Å². The van der Waals surface area contributed by atoms with Gasteiger partial charge in [-0.05, 0) is 25.5 Å². The minimum atomic E-state index is -3.50. The van der Waals surface area contributed by atoms with Gasteiger partial charge in [0.2, 0.25) is 0 Å². The van der Waals surface area contributed by atoms with Crippen molar-refractivity contribution in [3.63, 3.8) is 0 Å². The molecule has 0 saturated heterocycles. The van der Waals surface area contributed by atoms with Gasteiger partial charge in [0.25, 0.3) is 0 Å². The second-order valence-corrected chi connectivity index (χ2v) is 5.50. The van der Waals surface area contributed by atoms with Gasteiger partial charge in [0.05, 0.1) is 4.90 Å². The normalized spacial score (nSPS) is 13.5. The first-order valence-electron chi connectivity index (χ1n) is 4.79. The number of carbonyl (C=O) groups is 1. The maximum absolute atomic E-state index is 12.0. The van der Waals surface area contributed by atoms with Crippen molar-refractivity contribution in [2.75, 3.05) is 0 Å². The number of hydrogen-bond donors (Lipinski definition) is 0. The van der Waals surface area contributed by atoms with E-state index in [-0.39, 0.29) is 10.7 Å².